The lowest BCUT2D eigenvalue weighted by atomic mass is 10.1. The molecule has 1 saturated carbocycles. The van der Waals surface area contributed by atoms with Crippen molar-refractivity contribution in [1.29, 1.82) is 0 Å². The summed E-state index contributed by atoms with van der Waals surface area (Å²) >= 11 is 0. The van der Waals surface area contributed by atoms with Crippen LogP contribution >= 0.6 is 0 Å². The van der Waals surface area contributed by atoms with E-state index < -0.39 is 0 Å². The molecule has 0 aliphatic heterocycles. The molecule has 2 heteroatoms. The van der Waals surface area contributed by atoms with E-state index in [1.807, 2.05) is 0 Å². The maximum Gasteiger partial charge on any atom is 0.0624 e. The van der Waals surface area contributed by atoms with E-state index in [0.717, 1.165) is 25.5 Å². The van der Waals surface area contributed by atoms with Crippen LogP contribution < -0.4 is 5.32 Å². The van der Waals surface area contributed by atoms with Gasteiger partial charge in [-0.15, -0.1) is 0 Å². The normalized spacial score (nSPS) is 18.6. The van der Waals surface area contributed by atoms with Gasteiger partial charge in [-0.25, -0.2) is 0 Å². The average Bonchev–Trinajstić information content (AvgIpc) is 2.70. The van der Waals surface area contributed by atoms with Crippen LogP contribution in [0.5, 0.6) is 0 Å². The van der Waals surface area contributed by atoms with Crippen LogP contribution in [0.1, 0.15) is 52.9 Å². The largest absolute Gasteiger partial charge is 0.374 e. The molecule has 2 nitrogen and oxygen atoms in total. The highest BCUT2D eigenvalue weighted by Gasteiger charge is 2.15. The lowest BCUT2D eigenvalue weighted by Gasteiger charge is -2.23. The zero-order chi connectivity index (χ0) is 11.1. The smallest absolute Gasteiger partial charge is 0.0624 e. The molecule has 1 rings (SSSR count). The highest BCUT2D eigenvalue weighted by atomic mass is 16.5. The lowest BCUT2D eigenvalue weighted by molar-refractivity contribution is -0.0181. The highest BCUT2D eigenvalue weighted by Crippen LogP contribution is 2.23. The molecule has 1 fully saturated rings. The number of hydrogen-bond acceptors (Lipinski definition) is 2. The number of ether oxygens (including phenoxy) is 1. The molecule has 0 aromatic heterocycles. The molecule has 1 aliphatic rings. The third-order valence-corrected chi connectivity index (χ3v) is 3.53. The van der Waals surface area contributed by atoms with Gasteiger partial charge >= 0.3 is 0 Å². The monoisotopic (exact) mass is 213 g/mol. The van der Waals surface area contributed by atoms with Crippen molar-refractivity contribution in [3.63, 3.8) is 0 Å². The van der Waals surface area contributed by atoms with Crippen molar-refractivity contribution in [1.82, 2.24) is 5.32 Å². The first-order valence-corrected chi connectivity index (χ1v) is 6.49. The van der Waals surface area contributed by atoms with Crippen molar-refractivity contribution in [2.45, 2.75) is 58.5 Å². The van der Waals surface area contributed by atoms with Gasteiger partial charge in [0, 0.05) is 6.54 Å². The Labute approximate surface area is 94.8 Å². The van der Waals surface area contributed by atoms with Crippen LogP contribution in [0.15, 0.2) is 0 Å². The van der Waals surface area contributed by atoms with Crippen LogP contribution in [-0.4, -0.2) is 25.3 Å². The molecule has 0 unspecified atom stereocenters. The minimum absolute atomic E-state index is 0.0506. The van der Waals surface area contributed by atoms with E-state index in [0.29, 0.717) is 0 Å². The van der Waals surface area contributed by atoms with Crippen LogP contribution in [0.2, 0.25) is 0 Å². The first-order chi connectivity index (χ1) is 7.14. The van der Waals surface area contributed by atoms with Gasteiger partial charge in [0.25, 0.3) is 0 Å². The Balaban J connectivity index is 1.92. The van der Waals surface area contributed by atoms with Gasteiger partial charge in [-0.1, -0.05) is 19.8 Å². The van der Waals surface area contributed by atoms with Gasteiger partial charge in [-0.05, 0) is 45.6 Å². The minimum atomic E-state index is 0.0506. The fraction of sp³-hybridized carbons (Fsp3) is 1.00. The van der Waals surface area contributed by atoms with Gasteiger partial charge < -0.3 is 10.1 Å². The van der Waals surface area contributed by atoms with Crippen LogP contribution in [0, 0.1) is 5.92 Å². The lowest BCUT2D eigenvalue weighted by Crippen LogP contribution is -2.30. The molecule has 0 bridgehead atoms. The summed E-state index contributed by atoms with van der Waals surface area (Å²) in [5.74, 6) is 0.934. The Hall–Kier alpha value is -0.0800. The van der Waals surface area contributed by atoms with E-state index in [2.05, 4.69) is 26.1 Å². The van der Waals surface area contributed by atoms with Crippen LogP contribution in [0.4, 0.5) is 0 Å². The average molecular weight is 213 g/mol. The van der Waals surface area contributed by atoms with E-state index in [4.69, 9.17) is 4.74 Å². The predicted octanol–water partition coefficient (Wildman–Crippen LogP) is 2.97. The fourth-order valence-electron chi connectivity index (χ4n) is 2.02. The molecule has 0 aromatic carbocycles. The van der Waals surface area contributed by atoms with E-state index in [1.165, 1.54) is 32.2 Å². The van der Waals surface area contributed by atoms with Gasteiger partial charge in [-0.3, -0.25) is 0 Å². The summed E-state index contributed by atoms with van der Waals surface area (Å²) in [7, 11) is 0. The van der Waals surface area contributed by atoms with Crippen molar-refractivity contribution in [3.05, 3.63) is 0 Å². The molecule has 15 heavy (non-hydrogen) atoms. The van der Waals surface area contributed by atoms with Crippen LogP contribution in [-0.2, 0) is 4.74 Å². The van der Waals surface area contributed by atoms with Gasteiger partial charge in [0.1, 0.15) is 0 Å². The zero-order valence-electron chi connectivity index (χ0n) is 10.6. The molecule has 0 spiro atoms. The Morgan fingerprint density at radius 1 is 1.27 bits per heavy atom. The van der Waals surface area contributed by atoms with Gasteiger partial charge in [-0.2, -0.15) is 0 Å². The molecule has 1 N–H and O–H groups in total. The second kappa shape index (κ2) is 6.49. The molecule has 0 heterocycles. The Kier molecular flexibility index (Phi) is 5.62. The highest BCUT2D eigenvalue weighted by molar-refractivity contribution is 4.70. The van der Waals surface area contributed by atoms with E-state index >= 15 is 0 Å². The minimum Gasteiger partial charge on any atom is -0.374 e. The molecule has 0 aromatic rings. The molecule has 0 atom stereocenters. The molecule has 1 aliphatic carbocycles. The summed E-state index contributed by atoms with van der Waals surface area (Å²) in [5.41, 5.74) is 0.0506. The van der Waals surface area contributed by atoms with Crippen LogP contribution in [0.25, 0.3) is 0 Å². The predicted molar refractivity (Wildman–Crippen MR) is 65.1 cm³/mol. The quantitative estimate of drug-likeness (QED) is 0.656. The Bertz CT molecular complexity index is 162. The van der Waals surface area contributed by atoms with Crippen molar-refractivity contribution in [3.8, 4) is 0 Å². The maximum absolute atomic E-state index is 5.78. The van der Waals surface area contributed by atoms with Crippen LogP contribution in [0.3, 0.4) is 0 Å². The summed E-state index contributed by atoms with van der Waals surface area (Å²) in [5, 5.41) is 3.50. The second-order valence-electron chi connectivity index (χ2n) is 5.32. The molecule has 0 amide bonds. The van der Waals surface area contributed by atoms with Crippen molar-refractivity contribution in [2.24, 2.45) is 5.92 Å². The molecule has 0 saturated heterocycles. The van der Waals surface area contributed by atoms with Crippen molar-refractivity contribution in [2.75, 3.05) is 19.7 Å². The summed E-state index contributed by atoms with van der Waals surface area (Å²) in [6.07, 6.45) is 6.80. The van der Waals surface area contributed by atoms with Crippen molar-refractivity contribution >= 4 is 0 Å². The Morgan fingerprint density at radius 3 is 2.53 bits per heavy atom. The van der Waals surface area contributed by atoms with Crippen molar-refractivity contribution < 1.29 is 4.74 Å². The second-order valence-corrected chi connectivity index (χ2v) is 5.32. The Morgan fingerprint density at radius 2 is 1.93 bits per heavy atom. The number of nitrogens with one attached hydrogen (secondary N) is 1. The van der Waals surface area contributed by atoms with Gasteiger partial charge in [0.05, 0.1) is 12.2 Å². The molecular formula is C13H27NO. The zero-order valence-corrected chi connectivity index (χ0v) is 10.6. The first kappa shape index (κ1) is 13.0. The molecule has 0 radical (unpaired) electrons. The summed E-state index contributed by atoms with van der Waals surface area (Å²) < 4.78 is 5.78. The standard InChI is InChI=1S/C13H27NO/c1-4-13(2,3)15-10-9-14-11-12-7-5-6-8-12/h12,14H,4-11H2,1-3H3. The van der Waals surface area contributed by atoms with Gasteiger partial charge in [0.2, 0.25) is 0 Å². The fourth-order valence-corrected chi connectivity index (χ4v) is 2.02. The summed E-state index contributed by atoms with van der Waals surface area (Å²) in [6.45, 7) is 9.52. The number of hydrogen-bond donors (Lipinski definition) is 1. The van der Waals surface area contributed by atoms with E-state index in [-0.39, 0.29) is 5.60 Å². The first-order valence-electron chi connectivity index (χ1n) is 6.49. The van der Waals surface area contributed by atoms with E-state index in [9.17, 15) is 0 Å². The van der Waals surface area contributed by atoms with E-state index in [1.54, 1.807) is 0 Å². The third kappa shape index (κ3) is 5.53. The molecule has 90 valence electrons. The topological polar surface area (TPSA) is 21.3 Å². The third-order valence-electron chi connectivity index (χ3n) is 3.53. The maximum atomic E-state index is 5.78. The SMILES string of the molecule is CCC(C)(C)OCCNCC1CCCC1. The summed E-state index contributed by atoms with van der Waals surface area (Å²) in [4.78, 5) is 0. The number of rotatable bonds is 7. The summed E-state index contributed by atoms with van der Waals surface area (Å²) in [6, 6.07) is 0. The molecular weight excluding hydrogens is 186 g/mol. The van der Waals surface area contributed by atoms with Gasteiger partial charge in [0.15, 0.2) is 0 Å².